The molecule has 0 spiro atoms. The summed E-state index contributed by atoms with van der Waals surface area (Å²) < 4.78 is 16.1. The number of halogens is 1. The number of rotatable bonds is 3. The van der Waals surface area contributed by atoms with E-state index < -0.39 is 5.95 Å². The average Bonchev–Trinajstić information content (AvgIpc) is 3.04. The van der Waals surface area contributed by atoms with Crippen LogP contribution in [-0.2, 0) is 19.6 Å². The van der Waals surface area contributed by atoms with Crippen molar-refractivity contribution in [2.45, 2.75) is 19.6 Å². The van der Waals surface area contributed by atoms with Gasteiger partial charge < -0.3 is 5.11 Å². The Balaban J connectivity index is 1.83. The van der Waals surface area contributed by atoms with Crippen molar-refractivity contribution in [3.8, 4) is 17.0 Å². The predicted molar refractivity (Wildman–Crippen MR) is 87.8 cm³/mol. The fraction of sp³-hybridized carbons (Fsp3) is 0.222. The Morgan fingerprint density at radius 2 is 2.08 bits per heavy atom. The van der Waals surface area contributed by atoms with Gasteiger partial charge in [0, 0.05) is 24.8 Å². The van der Waals surface area contributed by atoms with Gasteiger partial charge in [-0.25, -0.2) is 4.98 Å². The first kappa shape index (κ1) is 14.8. The van der Waals surface area contributed by atoms with Crippen LogP contribution in [0.25, 0.3) is 11.3 Å². The number of phenolic OH excluding ortho intramolecular Hbond substituents is 1. The zero-order valence-corrected chi connectivity index (χ0v) is 13.3. The molecule has 3 aromatic rings. The standard InChI is InChI=1S/C18H17FN4O/c1-22-10-15-16(11-22)21-23(9-12-4-2-5-13(24)8-12)17(15)14-6-3-7-20-18(14)19/h2-8,24H,9-11H2,1H3. The molecule has 24 heavy (non-hydrogen) atoms. The van der Waals surface area contributed by atoms with Gasteiger partial charge in [0.05, 0.1) is 23.5 Å². The van der Waals surface area contributed by atoms with E-state index in [9.17, 15) is 9.50 Å². The van der Waals surface area contributed by atoms with E-state index in [1.54, 1.807) is 30.3 Å². The minimum atomic E-state index is -0.494. The number of aromatic nitrogens is 3. The lowest BCUT2D eigenvalue weighted by Gasteiger charge is -2.13. The highest BCUT2D eigenvalue weighted by molar-refractivity contribution is 5.65. The molecule has 1 N–H and O–H groups in total. The summed E-state index contributed by atoms with van der Waals surface area (Å²) in [5, 5.41) is 14.3. The van der Waals surface area contributed by atoms with Gasteiger partial charge in [0.1, 0.15) is 5.75 Å². The van der Waals surface area contributed by atoms with Gasteiger partial charge in [-0.05, 0) is 36.9 Å². The molecular weight excluding hydrogens is 307 g/mol. The Labute approximate surface area is 139 Å². The molecule has 5 nitrogen and oxygen atoms in total. The van der Waals surface area contributed by atoms with Gasteiger partial charge in [-0.15, -0.1) is 0 Å². The molecular formula is C18H17FN4O. The molecule has 0 aliphatic carbocycles. The topological polar surface area (TPSA) is 54.2 Å². The van der Waals surface area contributed by atoms with Gasteiger partial charge >= 0.3 is 0 Å². The molecule has 122 valence electrons. The molecule has 0 unspecified atom stereocenters. The normalized spacial score (nSPS) is 14.1. The van der Waals surface area contributed by atoms with Crippen molar-refractivity contribution >= 4 is 0 Å². The summed E-state index contributed by atoms with van der Waals surface area (Å²) in [6.45, 7) is 1.95. The van der Waals surface area contributed by atoms with Crippen molar-refractivity contribution in [1.29, 1.82) is 0 Å². The van der Waals surface area contributed by atoms with Crippen molar-refractivity contribution in [3.05, 3.63) is 65.4 Å². The second-order valence-corrected chi connectivity index (χ2v) is 6.12. The molecule has 6 heteroatoms. The van der Waals surface area contributed by atoms with Crippen LogP contribution in [0.4, 0.5) is 4.39 Å². The number of phenols is 1. The van der Waals surface area contributed by atoms with Gasteiger partial charge in [-0.1, -0.05) is 12.1 Å². The number of benzene rings is 1. The third-order valence-electron chi connectivity index (χ3n) is 4.24. The van der Waals surface area contributed by atoms with Crippen LogP contribution in [-0.4, -0.2) is 31.8 Å². The lowest BCUT2D eigenvalue weighted by Crippen LogP contribution is -2.13. The number of fused-ring (bicyclic) bond motifs is 1. The van der Waals surface area contributed by atoms with E-state index in [4.69, 9.17) is 0 Å². The minimum Gasteiger partial charge on any atom is -0.508 e. The van der Waals surface area contributed by atoms with E-state index in [0.717, 1.165) is 35.6 Å². The average molecular weight is 324 g/mol. The van der Waals surface area contributed by atoms with Crippen molar-refractivity contribution in [1.82, 2.24) is 19.7 Å². The Morgan fingerprint density at radius 1 is 1.21 bits per heavy atom. The van der Waals surface area contributed by atoms with Gasteiger partial charge in [-0.2, -0.15) is 9.49 Å². The van der Waals surface area contributed by atoms with Crippen LogP contribution in [0.2, 0.25) is 0 Å². The van der Waals surface area contributed by atoms with E-state index in [0.29, 0.717) is 12.1 Å². The summed E-state index contributed by atoms with van der Waals surface area (Å²) in [6, 6.07) is 10.5. The van der Waals surface area contributed by atoms with Crippen LogP contribution in [0.3, 0.4) is 0 Å². The van der Waals surface area contributed by atoms with E-state index in [2.05, 4.69) is 15.0 Å². The first-order valence-electron chi connectivity index (χ1n) is 7.77. The molecule has 0 saturated heterocycles. The Hall–Kier alpha value is -2.73. The SMILES string of the molecule is CN1Cc2nn(Cc3cccc(O)c3)c(-c3cccnc3F)c2C1. The second kappa shape index (κ2) is 5.72. The molecule has 0 saturated carbocycles. The monoisotopic (exact) mass is 324 g/mol. The second-order valence-electron chi connectivity index (χ2n) is 6.12. The van der Waals surface area contributed by atoms with Gasteiger partial charge in [0.2, 0.25) is 5.95 Å². The van der Waals surface area contributed by atoms with E-state index in [1.807, 2.05) is 17.8 Å². The predicted octanol–water partition coefficient (Wildman–Crippen LogP) is 2.78. The Kier molecular flexibility index (Phi) is 3.54. The third-order valence-corrected chi connectivity index (χ3v) is 4.24. The maximum Gasteiger partial charge on any atom is 0.222 e. The number of hydrogen-bond donors (Lipinski definition) is 1. The fourth-order valence-corrected chi connectivity index (χ4v) is 3.23. The molecule has 0 amide bonds. The highest BCUT2D eigenvalue weighted by atomic mass is 19.1. The van der Waals surface area contributed by atoms with Gasteiger partial charge in [-0.3, -0.25) is 9.58 Å². The van der Waals surface area contributed by atoms with Crippen LogP contribution in [0, 0.1) is 5.95 Å². The first-order chi connectivity index (χ1) is 11.6. The first-order valence-corrected chi connectivity index (χ1v) is 7.77. The summed E-state index contributed by atoms with van der Waals surface area (Å²) >= 11 is 0. The number of aromatic hydroxyl groups is 1. The lowest BCUT2D eigenvalue weighted by molar-refractivity contribution is 0.346. The summed E-state index contributed by atoms with van der Waals surface area (Å²) in [4.78, 5) is 5.93. The van der Waals surface area contributed by atoms with Crippen molar-refractivity contribution < 1.29 is 9.50 Å². The number of pyridine rings is 1. The van der Waals surface area contributed by atoms with Crippen LogP contribution in [0.15, 0.2) is 42.6 Å². The van der Waals surface area contributed by atoms with Crippen LogP contribution in [0.1, 0.15) is 16.8 Å². The fourth-order valence-electron chi connectivity index (χ4n) is 3.23. The van der Waals surface area contributed by atoms with Gasteiger partial charge in [0.15, 0.2) is 0 Å². The minimum absolute atomic E-state index is 0.209. The van der Waals surface area contributed by atoms with Crippen molar-refractivity contribution in [3.63, 3.8) is 0 Å². The van der Waals surface area contributed by atoms with Crippen LogP contribution < -0.4 is 0 Å². The molecule has 1 aliphatic heterocycles. The third kappa shape index (κ3) is 2.55. The van der Waals surface area contributed by atoms with E-state index >= 15 is 0 Å². The molecule has 1 aromatic carbocycles. The van der Waals surface area contributed by atoms with E-state index in [-0.39, 0.29) is 5.75 Å². The van der Waals surface area contributed by atoms with Crippen LogP contribution in [0.5, 0.6) is 5.75 Å². The van der Waals surface area contributed by atoms with Crippen molar-refractivity contribution in [2.24, 2.45) is 0 Å². The Morgan fingerprint density at radius 3 is 2.88 bits per heavy atom. The lowest BCUT2D eigenvalue weighted by atomic mass is 10.1. The maximum absolute atomic E-state index is 14.3. The highest BCUT2D eigenvalue weighted by Gasteiger charge is 2.27. The molecule has 0 radical (unpaired) electrons. The number of nitrogens with zero attached hydrogens (tertiary/aromatic N) is 4. The zero-order chi connectivity index (χ0) is 16.7. The molecule has 4 rings (SSSR count). The molecule has 2 aromatic heterocycles. The summed E-state index contributed by atoms with van der Waals surface area (Å²) in [7, 11) is 2.02. The number of hydrogen-bond acceptors (Lipinski definition) is 4. The largest absolute Gasteiger partial charge is 0.508 e. The molecule has 3 heterocycles. The van der Waals surface area contributed by atoms with Crippen molar-refractivity contribution in [2.75, 3.05) is 7.05 Å². The van der Waals surface area contributed by atoms with Gasteiger partial charge in [0.25, 0.3) is 0 Å². The Bertz CT molecular complexity index is 906. The maximum atomic E-state index is 14.3. The molecule has 1 aliphatic rings. The molecule has 0 fully saturated rings. The quantitative estimate of drug-likeness (QED) is 0.753. The molecule has 0 bridgehead atoms. The smallest absolute Gasteiger partial charge is 0.222 e. The summed E-state index contributed by atoms with van der Waals surface area (Å²) in [6.07, 6.45) is 1.45. The summed E-state index contributed by atoms with van der Waals surface area (Å²) in [5.74, 6) is -0.284. The highest BCUT2D eigenvalue weighted by Crippen LogP contribution is 2.33. The van der Waals surface area contributed by atoms with E-state index in [1.165, 1.54) is 6.20 Å². The zero-order valence-electron chi connectivity index (χ0n) is 13.3. The molecule has 0 atom stereocenters. The van der Waals surface area contributed by atoms with Crippen LogP contribution >= 0.6 is 0 Å². The summed E-state index contributed by atoms with van der Waals surface area (Å²) in [5.41, 5.74) is 4.15.